The molecule has 1 rings (SSSR count). The van der Waals surface area contributed by atoms with Crippen molar-refractivity contribution in [1.29, 1.82) is 0 Å². The SMILES string of the molecule is CCN(CC)C(=O)Nc1ccc(/C(N)=N/O)cc1Br. The predicted octanol–water partition coefficient (Wildman–Crippen LogP) is 2.42. The summed E-state index contributed by atoms with van der Waals surface area (Å²) in [5.41, 5.74) is 6.69. The molecule has 0 fully saturated rings. The van der Waals surface area contributed by atoms with Gasteiger partial charge in [-0.25, -0.2) is 4.79 Å². The first-order chi connectivity index (χ1) is 9.03. The van der Waals surface area contributed by atoms with Crippen molar-refractivity contribution >= 4 is 33.5 Å². The van der Waals surface area contributed by atoms with Gasteiger partial charge in [0.05, 0.1) is 5.69 Å². The Balaban J connectivity index is 2.89. The standard InChI is InChI=1S/C12H17BrN4O2/c1-3-17(4-2)12(18)15-10-6-5-8(7-9(10)13)11(14)16-19/h5-7,19H,3-4H2,1-2H3,(H2,14,16)(H,15,18). The Labute approximate surface area is 120 Å². The topological polar surface area (TPSA) is 91.0 Å². The number of nitrogens with two attached hydrogens (primary N) is 1. The van der Waals surface area contributed by atoms with Gasteiger partial charge in [0.1, 0.15) is 0 Å². The van der Waals surface area contributed by atoms with Gasteiger partial charge >= 0.3 is 6.03 Å². The molecule has 1 aromatic carbocycles. The third-order valence-electron chi connectivity index (χ3n) is 2.66. The van der Waals surface area contributed by atoms with Crippen molar-refractivity contribution < 1.29 is 10.0 Å². The highest BCUT2D eigenvalue weighted by molar-refractivity contribution is 9.10. The van der Waals surface area contributed by atoms with Crippen LogP contribution in [0.25, 0.3) is 0 Å². The molecule has 0 aliphatic carbocycles. The summed E-state index contributed by atoms with van der Waals surface area (Å²) in [6, 6.07) is 4.87. The van der Waals surface area contributed by atoms with E-state index in [0.29, 0.717) is 28.8 Å². The summed E-state index contributed by atoms with van der Waals surface area (Å²) in [5, 5.41) is 14.3. The normalized spacial score (nSPS) is 11.2. The zero-order valence-electron chi connectivity index (χ0n) is 10.9. The molecule has 6 nitrogen and oxygen atoms in total. The number of amidine groups is 1. The van der Waals surface area contributed by atoms with Crippen LogP contribution in [0.4, 0.5) is 10.5 Å². The van der Waals surface area contributed by atoms with Crippen LogP contribution < -0.4 is 11.1 Å². The van der Waals surface area contributed by atoms with Crippen molar-refractivity contribution in [2.45, 2.75) is 13.8 Å². The van der Waals surface area contributed by atoms with Crippen molar-refractivity contribution in [3.05, 3.63) is 28.2 Å². The molecule has 0 aromatic heterocycles. The minimum absolute atomic E-state index is 0.0160. The van der Waals surface area contributed by atoms with Crippen molar-refractivity contribution in [3.8, 4) is 0 Å². The molecule has 19 heavy (non-hydrogen) atoms. The summed E-state index contributed by atoms with van der Waals surface area (Å²) in [4.78, 5) is 13.6. The van der Waals surface area contributed by atoms with E-state index in [9.17, 15) is 4.79 Å². The molecular weight excluding hydrogens is 312 g/mol. The van der Waals surface area contributed by atoms with E-state index < -0.39 is 0 Å². The van der Waals surface area contributed by atoms with Gasteiger partial charge in [-0.15, -0.1) is 0 Å². The van der Waals surface area contributed by atoms with Crippen LogP contribution in [0.5, 0.6) is 0 Å². The van der Waals surface area contributed by atoms with Crippen LogP contribution in [0, 0.1) is 0 Å². The van der Waals surface area contributed by atoms with E-state index in [0.717, 1.165) is 0 Å². The number of amides is 2. The van der Waals surface area contributed by atoms with Crippen LogP contribution in [-0.2, 0) is 0 Å². The summed E-state index contributed by atoms with van der Waals surface area (Å²) in [7, 11) is 0. The summed E-state index contributed by atoms with van der Waals surface area (Å²) < 4.78 is 0.664. The van der Waals surface area contributed by atoms with Gasteiger partial charge in [-0.1, -0.05) is 5.16 Å². The molecule has 0 aliphatic rings. The fourth-order valence-electron chi connectivity index (χ4n) is 1.54. The maximum absolute atomic E-state index is 11.9. The smallest absolute Gasteiger partial charge is 0.321 e. The zero-order valence-corrected chi connectivity index (χ0v) is 12.4. The highest BCUT2D eigenvalue weighted by Gasteiger charge is 2.12. The number of urea groups is 1. The molecule has 0 radical (unpaired) electrons. The largest absolute Gasteiger partial charge is 0.409 e. The van der Waals surface area contributed by atoms with E-state index in [1.807, 2.05) is 13.8 Å². The zero-order chi connectivity index (χ0) is 14.4. The number of nitrogens with zero attached hydrogens (tertiary/aromatic N) is 2. The molecule has 0 saturated carbocycles. The lowest BCUT2D eigenvalue weighted by atomic mass is 10.2. The molecule has 0 spiro atoms. The number of rotatable bonds is 4. The Hall–Kier alpha value is -1.76. The van der Waals surface area contributed by atoms with E-state index >= 15 is 0 Å². The Morgan fingerprint density at radius 1 is 1.47 bits per heavy atom. The number of carbonyl (C=O) groups is 1. The average molecular weight is 329 g/mol. The second-order valence-electron chi connectivity index (χ2n) is 3.78. The first-order valence-corrected chi connectivity index (χ1v) is 6.66. The number of nitrogens with one attached hydrogen (secondary N) is 1. The summed E-state index contributed by atoms with van der Waals surface area (Å²) >= 11 is 3.34. The highest BCUT2D eigenvalue weighted by atomic mass is 79.9. The Bertz CT molecular complexity index is 487. The van der Waals surface area contributed by atoms with Crippen LogP contribution >= 0.6 is 15.9 Å². The molecule has 0 aliphatic heterocycles. The van der Waals surface area contributed by atoms with E-state index in [1.165, 1.54) is 0 Å². The van der Waals surface area contributed by atoms with Crippen molar-refractivity contribution in [2.24, 2.45) is 10.9 Å². The molecule has 0 bridgehead atoms. The summed E-state index contributed by atoms with van der Waals surface area (Å²) in [6.07, 6.45) is 0. The van der Waals surface area contributed by atoms with E-state index in [4.69, 9.17) is 10.9 Å². The molecule has 104 valence electrons. The van der Waals surface area contributed by atoms with Gasteiger partial charge in [-0.05, 0) is 48.0 Å². The summed E-state index contributed by atoms with van der Waals surface area (Å²) in [6.45, 7) is 5.11. The van der Waals surface area contributed by atoms with Crippen molar-refractivity contribution in [1.82, 2.24) is 4.90 Å². The molecule has 0 unspecified atom stereocenters. The molecule has 4 N–H and O–H groups in total. The molecule has 7 heteroatoms. The van der Waals surface area contributed by atoms with E-state index in [2.05, 4.69) is 26.4 Å². The van der Waals surface area contributed by atoms with Crippen LogP contribution in [0.2, 0.25) is 0 Å². The fraction of sp³-hybridized carbons (Fsp3) is 0.333. The third kappa shape index (κ3) is 3.85. The van der Waals surface area contributed by atoms with Crippen LogP contribution in [0.15, 0.2) is 27.8 Å². The van der Waals surface area contributed by atoms with Crippen molar-refractivity contribution in [3.63, 3.8) is 0 Å². The van der Waals surface area contributed by atoms with Gasteiger partial charge in [-0.3, -0.25) is 0 Å². The maximum atomic E-state index is 11.9. The number of hydrogen-bond donors (Lipinski definition) is 3. The second kappa shape index (κ2) is 6.98. The number of oxime groups is 1. The van der Waals surface area contributed by atoms with Gasteiger partial charge in [0.15, 0.2) is 5.84 Å². The molecule has 1 aromatic rings. The number of benzene rings is 1. The Morgan fingerprint density at radius 3 is 2.58 bits per heavy atom. The monoisotopic (exact) mass is 328 g/mol. The highest BCUT2D eigenvalue weighted by Crippen LogP contribution is 2.24. The first-order valence-electron chi connectivity index (χ1n) is 5.86. The maximum Gasteiger partial charge on any atom is 0.321 e. The average Bonchev–Trinajstić information content (AvgIpc) is 2.41. The minimum atomic E-state index is -0.165. The van der Waals surface area contributed by atoms with Crippen LogP contribution in [0.3, 0.4) is 0 Å². The first kappa shape index (κ1) is 15.3. The molecule has 2 amide bonds. The number of halogens is 1. The summed E-state index contributed by atoms with van der Waals surface area (Å²) in [5.74, 6) is 0.0160. The van der Waals surface area contributed by atoms with E-state index in [1.54, 1.807) is 23.1 Å². The second-order valence-corrected chi connectivity index (χ2v) is 4.64. The van der Waals surface area contributed by atoms with Gasteiger partial charge in [0.2, 0.25) is 0 Å². The lowest BCUT2D eigenvalue weighted by Gasteiger charge is -2.19. The molecule has 0 heterocycles. The minimum Gasteiger partial charge on any atom is -0.409 e. The van der Waals surface area contributed by atoms with Crippen molar-refractivity contribution in [2.75, 3.05) is 18.4 Å². The fourth-order valence-corrected chi connectivity index (χ4v) is 2.02. The molecule has 0 saturated heterocycles. The Kier molecular flexibility index (Phi) is 5.62. The van der Waals surface area contributed by atoms with Gasteiger partial charge in [0, 0.05) is 23.1 Å². The van der Waals surface area contributed by atoms with Gasteiger partial charge in [0.25, 0.3) is 0 Å². The number of hydrogen-bond acceptors (Lipinski definition) is 3. The van der Waals surface area contributed by atoms with E-state index in [-0.39, 0.29) is 11.9 Å². The lowest BCUT2D eigenvalue weighted by molar-refractivity contribution is 0.217. The molecular formula is C12H17BrN4O2. The van der Waals surface area contributed by atoms with Crippen LogP contribution in [0.1, 0.15) is 19.4 Å². The third-order valence-corrected chi connectivity index (χ3v) is 3.32. The Morgan fingerprint density at radius 2 is 2.11 bits per heavy atom. The number of carbonyl (C=O) groups excluding carboxylic acids is 1. The lowest BCUT2D eigenvalue weighted by Crippen LogP contribution is -2.34. The number of anilines is 1. The van der Waals surface area contributed by atoms with Gasteiger partial charge < -0.3 is 21.2 Å². The van der Waals surface area contributed by atoms with Gasteiger partial charge in [-0.2, -0.15) is 0 Å². The molecule has 0 atom stereocenters. The quantitative estimate of drug-likeness (QED) is 0.343. The van der Waals surface area contributed by atoms with Crippen LogP contribution in [-0.4, -0.2) is 35.1 Å². The predicted molar refractivity (Wildman–Crippen MR) is 78.6 cm³/mol.